The van der Waals surface area contributed by atoms with Crippen LogP contribution in [-0.4, -0.2) is 21.0 Å². The number of carboxylic acids is 1. The first kappa shape index (κ1) is 13.2. The number of carboxylic acid groups (broad SMARTS) is 1. The minimum Gasteiger partial charge on any atom is -0.478 e. The van der Waals surface area contributed by atoms with E-state index in [2.05, 4.69) is 15.3 Å². The molecule has 1 aromatic carbocycles. The van der Waals surface area contributed by atoms with E-state index in [9.17, 15) is 4.79 Å². The maximum Gasteiger partial charge on any atom is 0.335 e. The van der Waals surface area contributed by atoms with Gasteiger partial charge in [-0.2, -0.15) is 0 Å². The Kier molecular flexibility index (Phi) is 3.31. The molecule has 0 amide bonds. The first-order valence-electron chi connectivity index (χ1n) is 6.64. The number of rotatable bonds is 4. The minimum atomic E-state index is -0.921. The van der Waals surface area contributed by atoms with Crippen molar-refractivity contribution in [2.24, 2.45) is 0 Å². The van der Waals surface area contributed by atoms with Gasteiger partial charge in [0.25, 0.3) is 0 Å². The highest BCUT2D eigenvalue weighted by molar-refractivity contribution is 5.89. The van der Waals surface area contributed by atoms with Crippen molar-refractivity contribution in [3.63, 3.8) is 0 Å². The van der Waals surface area contributed by atoms with E-state index in [1.807, 2.05) is 31.3 Å². The van der Waals surface area contributed by atoms with Crippen molar-refractivity contribution < 1.29 is 9.90 Å². The first-order valence-corrected chi connectivity index (χ1v) is 6.64. The number of nitrogens with one attached hydrogen (secondary N) is 2. The minimum absolute atomic E-state index is 0.282. The van der Waals surface area contributed by atoms with Crippen molar-refractivity contribution in [1.82, 2.24) is 9.97 Å². The number of anilines is 1. The Morgan fingerprint density at radius 3 is 3.00 bits per heavy atom. The van der Waals surface area contributed by atoms with Gasteiger partial charge < -0.3 is 15.4 Å². The van der Waals surface area contributed by atoms with Crippen molar-refractivity contribution in [2.45, 2.75) is 13.5 Å². The second kappa shape index (κ2) is 5.28. The fourth-order valence-corrected chi connectivity index (χ4v) is 2.31. The summed E-state index contributed by atoms with van der Waals surface area (Å²) in [6.07, 6.45) is 3.62. The fraction of sp³-hybridized carbons (Fsp3) is 0.125. The van der Waals surface area contributed by atoms with Crippen LogP contribution < -0.4 is 5.32 Å². The molecule has 3 N–H and O–H groups in total. The van der Waals surface area contributed by atoms with E-state index in [0.29, 0.717) is 6.54 Å². The Labute approximate surface area is 121 Å². The smallest absolute Gasteiger partial charge is 0.335 e. The van der Waals surface area contributed by atoms with Gasteiger partial charge in [-0.05, 0) is 42.3 Å². The molecule has 0 saturated carbocycles. The van der Waals surface area contributed by atoms with Crippen LogP contribution in [-0.2, 0) is 6.54 Å². The summed E-state index contributed by atoms with van der Waals surface area (Å²) in [5, 5.41) is 13.4. The number of H-pyrrole nitrogens is 1. The number of carbonyl (C=O) groups is 1. The number of aromatic carboxylic acids is 1. The van der Waals surface area contributed by atoms with Gasteiger partial charge in [-0.25, -0.2) is 9.78 Å². The molecule has 5 heteroatoms. The molecule has 0 aliphatic rings. The largest absolute Gasteiger partial charge is 0.478 e. The molecule has 0 bridgehead atoms. The number of hydrogen-bond acceptors (Lipinski definition) is 3. The number of fused-ring (bicyclic) bond motifs is 1. The predicted molar refractivity (Wildman–Crippen MR) is 81.6 cm³/mol. The highest BCUT2D eigenvalue weighted by Crippen LogP contribution is 2.20. The second-order valence-corrected chi connectivity index (χ2v) is 4.90. The Morgan fingerprint density at radius 2 is 2.19 bits per heavy atom. The first-order chi connectivity index (χ1) is 10.1. The molecule has 2 heterocycles. The summed E-state index contributed by atoms with van der Waals surface area (Å²) in [5.74, 6) is -0.921. The molecule has 0 unspecified atom stereocenters. The highest BCUT2D eigenvalue weighted by Gasteiger charge is 2.07. The molecule has 0 atom stereocenters. The topological polar surface area (TPSA) is 78.0 Å². The standard InChI is InChI=1S/C16H15N3O2/c1-10-2-3-11(16(20)21)8-14(10)19-9-12-4-6-17-15-13(12)5-7-18-15/h2-8,19H,9H2,1H3,(H,17,18)(H,20,21). The van der Waals surface area contributed by atoms with Gasteiger partial charge in [0.05, 0.1) is 5.56 Å². The van der Waals surface area contributed by atoms with Crippen LogP contribution in [0.4, 0.5) is 5.69 Å². The number of pyridine rings is 1. The van der Waals surface area contributed by atoms with Gasteiger partial charge in [0.2, 0.25) is 0 Å². The van der Waals surface area contributed by atoms with Gasteiger partial charge in [0.1, 0.15) is 5.65 Å². The molecular weight excluding hydrogens is 266 g/mol. The summed E-state index contributed by atoms with van der Waals surface area (Å²) in [5.41, 5.74) is 4.09. The van der Waals surface area contributed by atoms with E-state index in [4.69, 9.17) is 5.11 Å². The Hall–Kier alpha value is -2.82. The zero-order chi connectivity index (χ0) is 14.8. The van der Waals surface area contributed by atoms with Crippen LogP contribution in [0.15, 0.2) is 42.7 Å². The SMILES string of the molecule is Cc1ccc(C(=O)O)cc1NCc1ccnc2[nH]ccc12. The van der Waals surface area contributed by atoms with Crippen molar-refractivity contribution in [3.8, 4) is 0 Å². The molecule has 0 saturated heterocycles. The quantitative estimate of drug-likeness (QED) is 0.686. The zero-order valence-electron chi connectivity index (χ0n) is 11.6. The normalized spacial score (nSPS) is 10.7. The summed E-state index contributed by atoms with van der Waals surface area (Å²) in [7, 11) is 0. The Balaban J connectivity index is 1.86. The Bertz CT molecular complexity index is 808. The van der Waals surface area contributed by atoms with Gasteiger partial charge >= 0.3 is 5.97 Å². The van der Waals surface area contributed by atoms with Crippen LogP contribution in [0.2, 0.25) is 0 Å². The number of aromatic amines is 1. The summed E-state index contributed by atoms with van der Waals surface area (Å²) in [6.45, 7) is 2.56. The molecule has 0 aliphatic carbocycles. The average molecular weight is 281 g/mol. The van der Waals surface area contributed by atoms with Gasteiger partial charge in [-0.15, -0.1) is 0 Å². The molecule has 5 nitrogen and oxygen atoms in total. The third-order valence-corrected chi connectivity index (χ3v) is 3.50. The van der Waals surface area contributed by atoms with E-state index in [1.165, 1.54) is 0 Å². The third kappa shape index (κ3) is 2.58. The van der Waals surface area contributed by atoms with Crippen molar-refractivity contribution in [2.75, 3.05) is 5.32 Å². The van der Waals surface area contributed by atoms with Crippen LogP contribution in [0.1, 0.15) is 21.5 Å². The summed E-state index contributed by atoms with van der Waals surface area (Å²) >= 11 is 0. The summed E-state index contributed by atoms with van der Waals surface area (Å²) in [4.78, 5) is 18.4. The van der Waals surface area contributed by atoms with E-state index < -0.39 is 5.97 Å². The van der Waals surface area contributed by atoms with Crippen LogP contribution in [0.25, 0.3) is 11.0 Å². The molecule has 21 heavy (non-hydrogen) atoms. The van der Waals surface area contributed by atoms with Crippen LogP contribution >= 0.6 is 0 Å². The van der Waals surface area contributed by atoms with Gasteiger partial charge in [-0.3, -0.25) is 0 Å². The van der Waals surface area contributed by atoms with Crippen LogP contribution in [0, 0.1) is 6.92 Å². The Morgan fingerprint density at radius 1 is 1.33 bits per heavy atom. The van der Waals surface area contributed by atoms with Crippen molar-refractivity contribution in [3.05, 3.63) is 59.4 Å². The molecule has 2 aromatic heterocycles. The lowest BCUT2D eigenvalue weighted by Crippen LogP contribution is -2.04. The lowest BCUT2D eigenvalue weighted by Gasteiger charge is -2.11. The number of benzene rings is 1. The van der Waals surface area contributed by atoms with E-state index in [-0.39, 0.29) is 5.56 Å². The van der Waals surface area contributed by atoms with Crippen LogP contribution in [0.3, 0.4) is 0 Å². The molecule has 0 fully saturated rings. The number of hydrogen-bond donors (Lipinski definition) is 3. The second-order valence-electron chi connectivity index (χ2n) is 4.90. The molecule has 0 spiro atoms. The number of aromatic nitrogens is 2. The number of nitrogens with zero attached hydrogens (tertiary/aromatic N) is 1. The van der Waals surface area contributed by atoms with Gasteiger partial charge in [0, 0.05) is 30.0 Å². The average Bonchev–Trinajstić information content (AvgIpc) is 2.95. The number of aryl methyl sites for hydroxylation is 1. The maximum atomic E-state index is 11.0. The zero-order valence-corrected chi connectivity index (χ0v) is 11.6. The molecule has 3 aromatic rings. The fourth-order valence-electron chi connectivity index (χ4n) is 2.31. The van der Waals surface area contributed by atoms with E-state index in [0.717, 1.165) is 27.8 Å². The van der Waals surface area contributed by atoms with Gasteiger partial charge in [-0.1, -0.05) is 6.07 Å². The van der Waals surface area contributed by atoms with Crippen molar-refractivity contribution >= 4 is 22.7 Å². The maximum absolute atomic E-state index is 11.0. The van der Waals surface area contributed by atoms with E-state index in [1.54, 1.807) is 18.3 Å². The summed E-state index contributed by atoms with van der Waals surface area (Å²) < 4.78 is 0. The summed E-state index contributed by atoms with van der Waals surface area (Å²) in [6, 6.07) is 9.02. The lowest BCUT2D eigenvalue weighted by molar-refractivity contribution is 0.0697. The predicted octanol–water partition coefficient (Wildman–Crippen LogP) is 3.18. The van der Waals surface area contributed by atoms with Crippen LogP contribution in [0.5, 0.6) is 0 Å². The molecule has 3 rings (SSSR count). The molecular formula is C16H15N3O2. The third-order valence-electron chi connectivity index (χ3n) is 3.50. The molecule has 0 aliphatic heterocycles. The molecule has 0 radical (unpaired) electrons. The van der Waals surface area contributed by atoms with Gasteiger partial charge in [0.15, 0.2) is 0 Å². The van der Waals surface area contributed by atoms with E-state index >= 15 is 0 Å². The highest BCUT2D eigenvalue weighted by atomic mass is 16.4. The lowest BCUT2D eigenvalue weighted by atomic mass is 10.1. The van der Waals surface area contributed by atoms with Crippen molar-refractivity contribution in [1.29, 1.82) is 0 Å². The monoisotopic (exact) mass is 281 g/mol. The molecule has 106 valence electrons.